The van der Waals surface area contributed by atoms with E-state index < -0.39 is 0 Å². The summed E-state index contributed by atoms with van der Waals surface area (Å²) >= 11 is 0. The molecule has 0 amide bonds. The van der Waals surface area contributed by atoms with Crippen molar-refractivity contribution in [1.82, 2.24) is 10.2 Å². The second kappa shape index (κ2) is 8.50. The fourth-order valence-electron chi connectivity index (χ4n) is 3.71. The van der Waals surface area contributed by atoms with Gasteiger partial charge < -0.3 is 16.0 Å². The third-order valence-electron chi connectivity index (χ3n) is 6.17. The first-order valence-electron chi connectivity index (χ1n) is 9.10. The van der Waals surface area contributed by atoms with E-state index in [0.717, 1.165) is 38.6 Å². The van der Waals surface area contributed by atoms with Crippen LogP contribution in [-0.2, 0) is 0 Å². The molecule has 0 spiro atoms. The Morgan fingerprint density at radius 2 is 1.71 bits per heavy atom. The quantitative estimate of drug-likeness (QED) is 0.686. The minimum Gasteiger partial charge on any atom is -0.329 e. The summed E-state index contributed by atoms with van der Waals surface area (Å²) in [5.74, 6) is 0.867. The van der Waals surface area contributed by atoms with Gasteiger partial charge in [-0.1, -0.05) is 41.0 Å². The van der Waals surface area contributed by atoms with Gasteiger partial charge in [0.05, 0.1) is 0 Å². The van der Waals surface area contributed by atoms with Gasteiger partial charge in [-0.15, -0.1) is 0 Å². The fourth-order valence-corrected chi connectivity index (χ4v) is 3.71. The zero-order valence-corrected chi connectivity index (χ0v) is 15.2. The predicted octanol–water partition coefficient (Wildman–Crippen LogP) is 3.24. The monoisotopic (exact) mass is 297 g/mol. The molecule has 1 rings (SSSR count). The molecule has 0 unspecified atom stereocenters. The standard InChI is InChI=1S/C18H39N3/c1-6-17(4,5)16-9-11-18(15-19,12-10-16)20-13-14-21(7-2)8-3/h16,20H,6-15,19H2,1-5H3. The summed E-state index contributed by atoms with van der Waals surface area (Å²) in [6, 6.07) is 0. The topological polar surface area (TPSA) is 41.3 Å². The van der Waals surface area contributed by atoms with Gasteiger partial charge in [-0.25, -0.2) is 0 Å². The Balaban J connectivity index is 2.45. The van der Waals surface area contributed by atoms with Crippen molar-refractivity contribution in [2.45, 2.75) is 72.3 Å². The van der Waals surface area contributed by atoms with E-state index in [-0.39, 0.29) is 5.54 Å². The molecule has 3 heteroatoms. The minimum atomic E-state index is 0.202. The molecule has 0 aliphatic heterocycles. The molecule has 0 aromatic heterocycles. The maximum Gasteiger partial charge on any atom is 0.0304 e. The van der Waals surface area contributed by atoms with Crippen LogP contribution in [0, 0.1) is 11.3 Å². The zero-order chi connectivity index (χ0) is 15.9. The molecular formula is C18H39N3. The Bertz CT molecular complexity index is 276. The molecule has 0 aromatic rings. The first-order chi connectivity index (χ1) is 9.93. The van der Waals surface area contributed by atoms with Gasteiger partial charge in [-0.3, -0.25) is 0 Å². The van der Waals surface area contributed by atoms with Crippen LogP contribution in [0.3, 0.4) is 0 Å². The Morgan fingerprint density at radius 3 is 2.14 bits per heavy atom. The van der Waals surface area contributed by atoms with E-state index in [0.29, 0.717) is 5.41 Å². The van der Waals surface area contributed by atoms with Crippen molar-refractivity contribution in [1.29, 1.82) is 0 Å². The molecule has 1 saturated carbocycles. The van der Waals surface area contributed by atoms with E-state index in [1.54, 1.807) is 0 Å². The Hall–Kier alpha value is -0.120. The van der Waals surface area contributed by atoms with E-state index >= 15 is 0 Å². The molecule has 0 atom stereocenters. The molecule has 126 valence electrons. The molecule has 0 radical (unpaired) electrons. The number of hydrogen-bond donors (Lipinski definition) is 2. The maximum atomic E-state index is 6.13. The lowest BCUT2D eigenvalue weighted by molar-refractivity contribution is 0.100. The summed E-state index contributed by atoms with van der Waals surface area (Å²) < 4.78 is 0. The lowest BCUT2D eigenvalue weighted by Gasteiger charge is -2.45. The largest absolute Gasteiger partial charge is 0.329 e. The smallest absolute Gasteiger partial charge is 0.0304 e. The molecule has 0 aromatic carbocycles. The van der Waals surface area contributed by atoms with Crippen molar-refractivity contribution >= 4 is 0 Å². The highest BCUT2D eigenvalue weighted by molar-refractivity contribution is 4.96. The summed E-state index contributed by atoms with van der Waals surface area (Å²) in [7, 11) is 0. The predicted molar refractivity (Wildman–Crippen MR) is 93.6 cm³/mol. The van der Waals surface area contributed by atoms with Crippen LogP contribution in [0.2, 0.25) is 0 Å². The van der Waals surface area contributed by atoms with Crippen LogP contribution in [0.5, 0.6) is 0 Å². The highest BCUT2D eigenvalue weighted by Crippen LogP contribution is 2.43. The van der Waals surface area contributed by atoms with Crippen LogP contribution in [0.15, 0.2) is 0 Å². The van der Waals surface area contributed by atoms with Crippen molar-refractivity contribution in [2.75, 3.05) is 32.7 Å². The molecule has 1 aliphatic carbocycles. The summed E-state index contributed by atoms with van der Waals surface area (Å²) in [4.78, 5) is 2.48. The van der Waals surface area contributed by atoms with Crippen molar-refractivity contribution in [3.8, 4) is 0 Å². The van der Waals surface area contributed by atoms with E-state index in [2.05, 4.69) is 44.8 Å². The second-order valence-corrected chi connectivity index (χ2v) is 7.55. The lowest BCUT2D eigenvalue weighted by atomic mass is 9.65. The van der Waals surface area contributed by atoms with E-state index in [1.165, 1.54) is 32.1 Å². The van der Waals surface area contributed by atoms with Crippen LogP contribution in [-0.4, -0.2) is 43.2 Å². The molecule has 0 bridgehead atoms. The van der Waals surface area contributed by atoms with Gasteiger partial charge in [0.15, 0.2) is 0 Å². The van der Waals surface area contributed by atoms with E-state index in [4.69, 9.17) is 5.73 Å². The van der Waals surface area contributed by atoms with E-state index in [9.17, 15) is 0 Å². The third-order valence-corrected chi connectivity index (χ3v) is 6.17. The SMILES string of the molecule is CCN(CC)CCNC1(CN)CCC(C(C)(C)CC)CC1. The molecular weight excluding hydrogens is 258 g/mol. The first kappa shape index (κ1) is 18.9. The van der Waals surface area contributed by atoms with Crippen LogP contribution >= 0.6 is 0 Å². The maximum absolute atomic E-state index is 6.13. The zero-order valence-electron chi connectivity index (χ0n) is 15.2. The van der Waals surface area contributed by atoms with Gasteiger partial charge in [0.1, 0.15) is 0 Å². The Kier molecular flexibility index (Phi) is 7.66. The van der Waals surface area contributed by atoms with Crippen LogP contribution in [0.4, 0.5) is 0 Å². The lowest BCUT2D eigenvalue weighted by Crippen LogP contribution is -2.55. The van der Waals surface area contributed by atoms with Crippen molar-refractivity contribution < 1.29 is 0 Å². The number of nitrogens with zero attached hydrogens (tertiary/aromatic N) is 1. The summed E-state index contributed by atoms with van der Waals surface area (Å²) in [6.45, 7) is 16.9. The molecule has 1 fully saturated rings. The molecule has 21 heavy (non-hydrogen) atoms. The summed E-state index contributed by atoms with van der Waals surface area (Å²) in [5, 5.41) is 3.81. The average Bonchev–Trinajstić information content (AvgIpc) is 2.52. The number of likely N-dealkylation sites (N-methyl/N-ethyl adjacent to an activating group) is 1. The molecule has 1 aliphatic rings. The van der Waals surface area contributed by atoms with Gasteiger partial charge in [-0.2, -0.15) is 0 Å². The van der Waals surface area contributed by atoms with Crippen molar-refractivity contribution in [3.05, 3.63) is 0 Å². The van der Waals surface area contributed by atoms with Crippen LogP contribution in [0.25, 0.3) is 0 Å². The molecule has 0 saturated heterocycles. The second-order valence-electron chi connectivity index (χ2n) is 7.55. The number of nitrogens with one attached hydrogen (secondary N) is 1. The first-order valence-corrected chi connectivity index (χ1v) is 9.10. The average molecular weight is 298 g/mol. The van der Waals surface area contributed by atoms with Crippen molar-refractivity contribution in [3.63, 3.8) is 0 Å². The summed E-state index contributed by atoms with van der Waals surface area (Å²) in [6.07, 6.45) is 6.43. The molecule has 3 nitrogen and oxygen atoms in total. The number of rotatable bonds is 9. The minimum absolute atomic E-state index is 0.202. The number of nitrogens with two attached hydrogens (primary N) is 1. The highest BCUT2D eigenvalue weighted by atomic mass is 15.1. The molecule has 3 N–H and O–H groups in total. The van der Waals surface area contributed by atoms with Crippen LogP contribution < -0.4 is 11.1 Å². The van der Waals surface area contributed by atoms with Gasteiger partial charge in [0.25, 0.3) is 0 Å². The van der Waals surface area contributed by atoms with Gasteiger partial charge in [0.2, 0.25) is 0 Å². The third kappa shape index (κ3) is 5.22. The van der Waals surface area contributed by atoms with Gasteiger partial charge in [-0.05, 0) is 50.1 Å². The Morgan fingerprint density at radius 1 is 1.14 bits per heavy atom. The Labute approximate surface area is 133 Å². The number of hydrogen-bond acceptors (Lipinski definition) is 3. The van der Waals surface area contributed by atoms with Crippen LogP contribution in [0.1, 0.15) is 66.7 Å². The van der Waals surface area contributed by atoms with E-state index in [1.807, 2.05) is 0 Å². The summed E-state index contributed by atoms with van der Waals surface area (Å²) in [5.41, 5.74) is 6.82. The van der Waals surface area contributed by atoms with Gasteiger partial charge in [0, 0.05) is 25.2 Å². The molecule has 0 heterocycles. The highest BCUT2D eigenvalue weighted by Gasteiger charge is 2.38. The normalized spacial score (nSPS) is 27.3. The fraction of sp³-hybridized carbons (Fsp3) is 1.00. The van der Waals surface area contributed by atoms with Gasteiger partial charge >= 0.3 is 0 Å². The van der Waals surface area contributed by atoms with Crippen molar-refractivity contribution in [2.24, 2.45) is 17.1 Å².